The van der Waals surface area contributed by atoms with E-state index in [1.807, 2.05) is 36.6 Å². The summed E-state index contributed by atoms with van der Waals surface area (Å²) in [6.45, 7) is 1.89. The van der Waals surface area contributed by atoms with E-state index < -0.39 is 0 Å². The first-order valence-corrected chi connectivity index (χ1v) is 6.98. The van der Waals surface area contributed by atoms with E-state index in [4.69, 9.17) is 0 Å². The zero-order valence-electron chi connectivity index (χ0n) is 9.68. The molecule has 3 nitrogen and oxygen atoms in total. The molecule has 1 aromatic carbocycles. The van der Waals surface area contributed by atoms with Crippen LogP contribution in [0.15, 0.2) is 40.2 Å². The second-order valence-electron chi connectivity index (χ2n) is 3.64. The predicted molar refractivity (Wildman–Crippen MR) is 78.7 cm³/mol. The van der Waals surface area contributed by atoms with Gasteiger partial charge in [-0.05, 0) is 24.6 Å². The first-order valence-electron chi connectivity index (χ1n) is 5.31. The average molecular weight is 323 g/mol. The number of thiazole rings is 1. The molecule has 0 saturated heterocycles. The summed E-state index contributed by atoms with van der Waals surface area (Å²) >= 11 is 4.84. The number of nitrogens with zero attached hydrogens (tertiary/aromatic N) is 1. The van der Waals surface area contributed by atoms with Gasteiger partial charge < -0.3 is 0 Å². The van der Waals surface area contributed by atoms with E-state index >= 15 is 0 Å². The quantitative estimate of drug-likeness (QED) is 0.872. The lowest BCUT2D eigenvalue weighted by molar-refractivity contribution is -0.111. The van der Waals surface area contributed by atoms with Gasteiger partial charge in [0.25, 0.3) is 0 Å². The van der Waals surface area contributed by atoms with Crippen LogP contribution in [0, 0.1) is 6.92 Å². The molecule has 1 N–H and O–H groups in total. The van der Waals surface area contributed by atoms with E-state index in [9.17, 15) is 4.79 Å². The van der Waals surface area contributed by atoms with Gasteiger partial charge in [0.05, 0.1) is 5.69 Å². The van der Waals surface area contributed by atoms with Gasteiger partial charge in [-0.1, -0.05) is 34.1 Å². The molecule has 2 rings (SSSR count). The van der Waals surface area contributed by atoms with Gasteiger partial charge in [0.1, 0.15) is 0 Å². The fourth-order valence-electron chi connectivity index (χ4n) is 1.33. The minimum Gasteiger partial charge on any atom is -0.298 e. The van der Waals surface area contributed by atoms with Crippen molar-refractivity contribution >= 4 is 44.4 Å². The highest BCUT2D eigenvalue weighted by Crippen LogP contribution is 2.18. The summed E-state index contributed by atoms with van der Waals surface area (Å²) in [5.41, 5.74) is 1.87. The standard InChI is InChI=1S/C13H11BrN2OS/c1-9-8-18-13(15-9)16-12(17)7-6-10-4-2-3-5-11(10)14/h2-8H,1H3,(H,15,16,17)/b7-6+. The summed E-state index contributed by atoms with van der Waals surface area (Å²) in [4.78, 5) is 15.8. The van der Waals surface area contributed by atoms with E-state index in [0.717, 1.165) is 15.7 Å². The van der Waals surface area contributed by atoms with Gasteiger partial charge in [0.2, 0.25) is 5.91 Å². The highest BCUT2D eigenvalue weighted by Gasteiger charge is 2.01. The third kappa shape index (κ3) is 3.51. The van der Waals surface area contributed by atoms with Gasteiger partial charge >= 0.3 is 0 Å². The maximum Gasteiger partial charge on any atom is 0.250 e. The zero-order chi connectivity index (χ0) is 13.0. The van der Waals surface area contributed by atoms with Crippen molar-refractivity contribution in [3.63, 3.8) is 0 Å². The Morgan fingerprint density at radius 1 is 1.44 bits per heavy atom. The summed E-state index contributed by atoms with van der Waals surface area (Å²) in [5.74, 6) is -0.180. The summed E-state index contributed by atoms with van der Waals surface area (Å²) < 4.78 is 0.958. The number of anilines is 1. The fourth-order valence-corrected chi connectivity index (χ4v) is 2.44. The summed E-state index contributed by atoms with van der Waals surface area (Å²) in [7, 11) is 0. The molecule has 0 bridgehead atoms. The number of halogens is 1. The third-order valence-electron chi connectivity index (χ3n) is 2.17. The van der Waals surface area contributed by atoms with E-state index in [-0.39, 0.29) is 5.91 Å². The highest BCUT2D eigenvalue weighted by molar-refractivity contribution is 9.10. The fraction of sp³-hybridized carbons (Fsp3) is 0.0769. The lowest BCUT2D eigenvalue weighted by Crippen LogP contribution is -2.07. The van der Waals surface area contributed by atoms with Gasteiger partial charge in [-0.3, -0.25) is 10.1 Å². The van der Waals surface area contributed by atoms with Crippen LogP contribution in [-0.4, -0.2) is 10.9 Å². The molecular weight excluding hydrogens is 312 g/mol. The Hall–Kier alpha value is -1.46. The number of rotatable bonds is 3. The molecule has 0 fully saturated rings. The van der Waals surface area contributed by atoms with E-state index in [2.05, 4.69) is 26.2 Å². The number of aromatic nitrogens is 1. The molecule has 0 unspecified atom stereocenters. The maximum atomic E-state index is 11.7. The highest BCUT2D eigenvalue weighted by atomic mass is 79.9. The molecule has 0 spiro atoms. The molecule has 5 heteroatoms. The molecule has 92 valence electrons. The van der Waals surface area contributed by atoms with Crippen molar-refractivity contribution in [3.8, 4) is 0 Å². The number of carbonyl (C=O) groups is 1. The second kappa shape index (κ2) is 5.93. The zero-order valence-corrected chi connectivity index (χ0v) is 12.1. The molecular formula is C13H11BrN2OS. The lowest BCUT2D eigenvalue weighted by Gasteiger charge is -1.98. The van der Waals surface area contributed by atoms with Crippen LogP contribution in [0.4, 0.5) is 5.13 Å². The number of aryl methyl sites for hydroxylation is 1. The Kier molecular flexibility index (Phi) is 4.28. The molecule has 0 radical (unpaired) electrons. The van der Waals surface area contributed by atoms with Crippen LogP contribution in [0.25, 0.3) is 6.08 Å². The van der Waals surface area contributed by atoms with Crippen LogP contribution >= 0.6 is 27.3 Å². The number of amides is 1. The molecule has 1 aromatic heterocycles. The van der Waals surface area contributed by atoms with E-state index in [1.54, 1.807) is 6.08 Å². The monoisotopic (exact) mass is 322 g/mol. The summed E-state index contributed by atoms with van der Waals surface area (Å²) in [6.07, 6.45) is 3.26. The van der Waals surface area contributed by atoms with Crippen LogP contribution in [0.1, 0.15) is 11.3 Å². The molecule has 0 saturated carbocycles. The van der Waals surface area contributed by atoms with E-state index in [1.165, 1.54) is 17.4 Å². The molecule has 0 aliphatic heterocycles. The minimum absolute atomic E-state index is 0.180. The Morgan fingerprint density at radius 3 is 2.89 bits per heavy atom. The molecule has 0 aliphatic rings. The molecule has 2 aromatic rings. The minimum atomic E-state index is -0.180. The van der Waals surface area contributed by atoms with Crippen LogP contribution in [-0.2, 0) is 4.79 Å². The van der Waals surface area contributed by atoms with Gasteiger partial charge in [-0.15, -0.1) is 11.3 Å². The smallest absolute Gasteiger partial charge is 0.250 e. The average Bonchev–Trinajstić information content (AvgIpc) is 2.74. The van der Waals surface area contributed by atoms with Crippen molar-refractivity contribution in [2.45, 2.75) is 6.92 Å². The van der Waals surface area contributed by atoms with Crippen molar-refractivity contribution in [1.82, 2.24) is 4.98 Å². The predicted octanol–water partition coefficient (Wildman–Crippen LogP) is 3.87. The Labute approximate surface area is 118 Å². The van der Waals surface area contributed by atoms with Crippen molar-refractivity contribution in [3.05, 3.63) is 51.5 Å². The Balaban J connectivity index is 2.01. The molecule has 1 amide bonds. The van der Waals surface area contributed by atoms with Crippen LogP contribution in [0.2, 0.25) is 0 Å². The van der Waals surface area contributed by atoms with Crippen molar-refractivity contribution in [2.75, 3.05) is 5.32 Å². The van der Waals surface area contributed by atoms with Crippen LogP contribution < -0.4 is 5.32 Å². The Morgan fingerprint density at radius 2 is 2.22 bits per heavy atom. The number of hydrogen-bond donors (Lipinski definition) is 1. The molecule has 0 atom stereocenters. The molecule has 18 heavy (non-hydrogen) atoms. The van der Waals surface area contributed by atoms with Gasteiger partial charge in [0.15, 0.2) is 5.13 Å². The largest absolute Gasteiger partial charge is 0.298 e. The topological polar surface area (TPSA) is 42.0 Å². The van der Waals surface area contributed by atoms with Crippen molar-refractivity contribution in [2.24, 2.45) is 0 Å². The van der Waals surface area contributed by atoms with Crippen LogP contribution in [0.5, 0.6) is 0 Å². The SMILES string of the molecule is Cc1csc(NC(=O)/C=C/c2ccccc2Br)n1. The number of hydrogen-bond acceptors (Lipinski definition) is 3. The van der Waals surface area contributed by atoms with Gasteiger partial charge in [-0.2, -0.15) is 0 Å². The second-order valence-corrected chi connectivity index (χ2v) is 5.35. The van der Waals surface area contributed by atoms with Crippen molar-refractivity contribution < 1.29 is 4.79 Å². The lowest BCUT2D eigenvalue weighted by atomic mass is 10.2. The third-order valence-corrected chi connectivity index (χ3v) is 3.77. The number of carbonyl (C=O) groups excluding carboxylic acids is 1. The summed E-state index contributed by atoms with van der Waals surface area (Å²) in [6, 6.07) is 7.72. The summed E-state index contributed by atoms with van der Waals surface area (Å²) in [5, 5.41) is 5.23. The van der Waals surface area contributed by atoms with Crippen LogP contribution in [0.3, 0.4) is 0 Å². The van der Waals surface area contributed by atoms with Gasteiger partial charge in [0, 0.05) is 15.9 Å². The normalized spacial score (nSPS) is 10.8. The molecule has 0 aliphatic carbocycles. The molecule has 1 heterocycles. The van der Waals surface area contributed by atoms with E-state index in [0.29, 0.717) is 5.13 Å². The number of nitrogens with one attached hydrogen (secondary N) is 1. The first kappa shape index (κ1) is 13.0. The number of benzene rings is 1. The van der Waals surface area contributed by atoms with Gasteiger partial charge in [-0.25, -0.2) is 4.98 Å². The van der Waals surface area contributed by atoms with Crippen molar-refractivity contribution in [1.29, 1.82) is 0 Å². The Bertz CT molecular complexity index is 592. The maximum absolute atomic E-state index is 11.7. The first-order chi connectivity index (χ1) is 8.65.